The maximum atomic E-state index is 12.5. The highest BCUT2D eigenvalue weighted by Gasteiger charge is 2.19. The van der Waals surface area contributed by atoms with E-state index in [2.05, 4.69) is 10.6 Å². The van der Waals surface area contributed by atoms with E-state index >= 15 is 0 Å². The molecule has 0 fully saturated rings. The number of amides is 3. The molecule has 144 valence electrons. The van der Waals surface area contributed by atoms with E-state index in [9.17, 15) is 14.4 Å². The molecule has 0 saturated carbocycles. The first-order valence-electron chi connectivity index (χ1n) is 8.95. The number of benzene rings is 1. The van der Waals surface area contributed by atoms with E-state index in [0.29, 0.717) is 17.1 Å². The van der Waals surface area contributed by atoms with Gasteiger partial charge < -0.3 is 15.5 Å². The zero-order valence-electron chi connectivity index (χ0n) is 15.7. The Morgan fingerprint density at radius 1 is 1.07 bits per heavy atom. The molecule has 0 aliphatic heterocycles. The summed E-state index contributed by atoms with van der Waals surface area (Å²) >= 11 is 1.35. The van der Waals surface area contributed by atoms with Crippen molar-refractivity contribution in [2.45, 2.75) is 26.7 Å². The van der Waals surface area contributed by atoms with Gasteiger partial charge in [0.25, 0.3) is 5.91 Å². The van der Waals surface area contributed by atoms with Gasteiger partial charge in [0.15, 0.2) is 0 Å². The molecule has 7 heteroatoms. The molecule has 6 nitrogen and oxygen atoms in total. The lowest BCUT2D eigenvalue weighted by molar-refractivity contribution is -0.124. The Hall–Kier alpha value is -2.67. The molecule has 2 rings (SSSR count). The molecule has 1 heterocycles. The summed E-state index contributed by atoms with van der Waals surface area (Å²) in [4.78, 5) is 38.9. The highest BCUT2D eigenvalue weighted by Crippen LogP contribution is 2.12. The van der Waals surface area contributed by atoms with Crippen molar-refractivity contribution in [3.63, 3.8) is 0 Å². The first-order valence-corrected chi connectivity index (χ1v) is 9.83. The maximum Gasteiger partial charge on any atom is 0.264 e. The lowest BCUT2D eigenvalue weighted by Gasteiger charge is -2.21. The first-order chi connectivity index (χ1) is 13.0. The van der Waals surface area contributed by atoms with Crippen molar-refractivity contribution >= 4 is 34.7 Å². The van der Waals surface area contributed by atoms with Crippen LogP contribution in [0.4, 0.5) is 5.69 Å². The fourth-order valence-electron chi connectivity index (χ4n) is 2.41. The Morgan fingerprint density at radius 3 is 2.44 bits per heavy atom. The van der Waals surface area contributed by atoms with Gasteiger partial charge in [0.2, 0.25) is 11.8 Å². The fourth-order valence-corrected chi connectivity index (χ4v) is 3.10. The number of thiophene rings is 1. The number of hydrogen-bond donors (Lipinski definition) is 2. The van der Waals surface area contributed by atoms with Gasteiger partial charge in [-0.3, -0.25) is 14.4 Å². The number of carbonyl (C=O) groups is 3. The second-order valence-corrected chi connectivity index (χ2v) is 7.20. The number of aryl methyl sites for hydroxylation is 1. The second kappa shape index (κ2) is 10.5. The molecule has 2 aromatic rings. The molecule has 1 aromatic heterocycles. The normalized spacial score (nSPS) is 10.3. The van der Waals surface area contributed by atoms with E-state index < -0.39 is 0 Å². The predicted octanol–water partition coefficient (Wildman–Crippen LogP) is 3.05. The first kappa shape index (κ1) is 20.6. The molecular formula is C20H25N3O3S. The van der Waals surface area contributed by atoms with Gasteiger partial charge in [0.1, 0.15) is 0 Å². The topological polar surface area (TPSA) is 78.5 Å². The summed E-state index contributed by atoms with van der Waals surface area (Å²) in [7, 11) is 0. The van der Waals surface area contributed by atoms with Gasteiger partial charge in [-0.05, 0) is 36.9 Å². The van der Waals surface area contributed by atoms with E-state index in [1.807, 2.05) is 37.4 Å². The Bertz CT molecular complexity index is 757. The smallest absolute Gasteiger partial charge is 0.264 e. The van der Waals surface area contributed by atoms with E-state index in [4.69, 9.17) is 0 Å². The molecule has 0 spiro atoms. The van der Waals surface area contributed by atoms with Gasteiger partial charge >= 0.3 is 0 Å². The number of nitrogens with one attached hydrogen (secondary N) is 2. The lowest BCUT2D eigenvalue weighted by atomic mass is 10.2. The van der Waals surface area contributed by atoms with Crippen LogP contribution in [-0.4, -0.2) is 42.3 Å². The molecule has 27 heavy (non-hydrogen) atoms. The fraction of sp³-hybridized carbons (Fsp3) is 0.350. The number of unbranched alkanes of at least 4 members (excludes halogenated alkanes) is 1. The monoisotopic (exact) mass is 387 g/mol. The van der Waals surface area contributed by atoms with E-state index in [0.717, 1.165) is 18.4 Å². The third-order valence-electron chi connectivity index (χ3n) is 3.92. The number of rotatable bonds is 9. The largest absolute Gasteiger partial charge is 0.345 e. The standard InChI is InChI=1S/C20H25N3O3S/c1-3-4-11-23(20(26)17-6-5-12-27-17)14-19(25)21-13-18(24)22-16-9-7-15(2)8-10-16/h5-10,12H,3-4,11,13-14H2,1-2H3,(H,21,25)(H,22,24). The van der Waals surface area contributed by atoms with Gasteiger partial charge in [0.05, 0.1) is 18.0 Å². The van der Waals surface area contributed by atoms with E-state index in [1.165, 1.54) is 16.2 Å². The van der Waals surface area contributed by atoms with Crippen molar-refractivity contribution in [1.82, 2.24) is 10.2 Å². The number of hydrogen-bond acceptors (Lipinski definition) is 4. The maximum absolute atomic E-state index is 12.5. The highest BCUT2D eigenvalue weighted by molar-refractivity contribution is 7.12. The number of carbonyl (C=O) groups excluding carboxylic acids is 3. The Labute approximate surface area is 163 Å². The predicted molar refractivity (Wildman–Crippen MR) is 108 cm³/mol. The van der Waals surface area contributed by atoms with Crippen LogP contribution >= 0.6 is 11.3 Å². The summed E-state index contributed by atoms with van der Waals surface area (Å²) in [5.74, 6) is -0.815. The van der Waals surface area contributed by atoms with Crippen molar-refractivity contribution in [2.24, 2.45) is 0 Å². The summed E-state index contributed by atoms with van der Waals surface area (Å²) in [6.45, 7) is 4.31. The Morgan fingerprint density at radius 2 is 1.81 bits per heavy atom. The van der Waals surface area contributed by atoms with E-state index in [-0.39, 0.29) is 30.8 Å². The van der Waals surface area contributed by atoms with Gasteiger partial charge in [-0.25, -0.2) is 0 Å². The van der Waals surface area contributed by atoms with Gasteiger partial charge in [0, 0.05) is 12.2 Å². The summed E-state index contributed by atoms with van der Waals surface area (Å²) in [5.41, 5.74) is 1.78. The molecule has 0 radical (unpaired) electrons. The van der Waals surface area contributed by atoms with Gasteiger partial charge in [-0.2, -0.15) is 0 Å². The Kier molecular flexibility index (Phi) is 8.00. The summed E-state index contributed by atoms with van der Waals surface area (Å²) in [6.07, 6.45) is 1.74. The minimum Gasteiger partial charge on any atom is -0.345 e. The minimum atomic E-state index is -0.352. The third kappa shape index (κ3) is 6.86. The van der Waals surface area contributed by atoms with Gasteiger partial charge in [-0.15, -0.1) is 11.3 Å². The van der Waals surface area contributed by atoms with Crippen LogP contribution in [0.2, 0.25) is 0 Å². The number of anilines is 1. The average molecular weight is 388 g/mol. The molecule has 0 aliphatic carbocycles. The van der Waals surface area contributed by atoms with Crippen LogP contribution in [-0.2, 0) is 9.59 Å². The van der Waals surface area contributed by atoms with Crippen molar-refractivity contribution < 1.29 is 14.4 Å². The molecule has 0 atom stereocenters. The van der Waals surface area contributed by atoms with Crippen molar-refractivity contribution in [2.75, 3.05) is 25.0 Å². The molecule has 1 aromatic carbocycles. The molecule has 3 amide bonds. The van der Waals surface area contributed by atoms with Crippen LogP contribution in [0.1, 0.15) is 35.0 Å². The van der Waals surface area contributed by atoms with Crippen LogP contribution in [0.15, 0.2) is 41.8 Å². The zero-order chi connectivity index (χ0) is 19.6. The zero-order valence-corrected chi connectivity index (χ0v) is 16.5. The average Bonchev–Trinajstić information content (AvgIpc) is 3.19. The summed E-state index contributed by atoms with van der Waals surface area (Å²) in [6, 6.07) is 11.0. The van der Waals surface area contributed by atoms with Gasteiger partial charge in [-0.1, -0.05) is 37.1 Å². The van der Waals surface area contributed by atoms with Crippen molar-refractivity contribution in [3.8, 4) is 0 Å². The van der Waals surface area contributed by atoms with Crippen LogP contribution in [0.5, 0.6) is 0 Å². The molecule has 0 bridgehead atoms. The van der Waals surface area contributed by atoms with Crippen LogP contribution in [0.25, 0.3) is 0 Å². The molecule has 2 N–H and O–H groups in total. The molecular weight excluding hydrogens is 362 g/mol. The minimum absolute atomic E-state index is 0.0610. The van der Waals surface area contributed by atoms with Crippen LogP contribution in [0, 0.1) is 6.92 Å². The summed E-state index contributed by atoms with van der Waals surface area (Å²) < 4.78 is 0. The lowest BCUT2D eigenvalue weighted by Crippen LogP contribution is -2.43. The summed E-state index contributed by atoms with van der Waals surface area (Å²) in [5, 5.41) is 7.14. The van der Waals surface area contributed by atoms with Crippen LogP contribution in [0.3, 0.4) is 0 Å². The third-order valence-corrected chi connectivity index (χ3v) is 4.77. The molecule has 0 saturated heterocycles. The van der Waals surface area contributed by atoms with E-state index in [1.54, 1.807) is 18.2 Å². The molecule has 0 aliphatic rings. The van der Waals surface area contributed by atoms with Crippen molar-refractivity contribution in [3.05, 3.63) is 52.2 Å². The van der Waals surface area contributed by atoms with Crippen LogP contribution < -0.4 is 10.6 Å². The number of nitrogens with zero attached hydrogens (tertiary/aromatic N) is 1. The molecule has 0 unspecified atom stereocenters. The second-order valence-electron chi connectivity index (χ2n) is 6.25. The highest BCUT2D eigenvalue weighted by atomic mass is 32.1. The quantitative estimate of drug-likeness (QED) is 0.694. The SMILES string of the molecule is CCCCN(CC(=O)NCC(=O)Nc1ccc(C)cc1)C(=O)c1cccs1. The van der Waals surface area contributed by atoms with Crippen molar-refractivity contribution in [1.29, 1.82) is 0 Å². The Balaban J connectivity index is 1.84.